The molecule has 1 amide bonds. The fourth-order valence-corrected chi connectivity index (χ4v) is 5.52. The van der Waals surface area contributed by atoms with E-state index in [1.54, 1.807) is 24.1 Å². The van der Waals surface area contributed by atoms with E-state index in [2.05, 4.69) is 34.7 Å². The zero-order valence-corrected chi connectivity index (χ0v) is 20.0. The molecule has 1 N–H and O–H groups in total. The van der Waals surface area contributed by atoms with Crippen molar-refractivity contribution in [1.29, 1.82) is 0 Å². The largest absolute Gasteiger partial charge is 0.383 e. The predicted octanol–water partition coefficient (Wildman–Crippen LogP) is 2.58. The van der Waals surface area contributed by atoms with Crippen LogP contribution in [0.1, 0.15) is 35.4 Å². The number of aryl methyl sites for hydroxylation is 2. The van der Waals surface area contributed by atoms with E-state index in [4.69, 9.17) is 4.52 Å². The number of amides is 1. The quantitative estimate of drug-likeness (QED) is 0.651. The van der Waals surface area contributed by atoms with Gasteiger partial charge in [-0.1, -0.05) is 35.0 Å². The molecule has 3 rings (SSSR count). The van der Waals surface area contributed by atoms with Gasteiger partial charge in [-0.3, -0.25) is 4.79 Å². The normalized spacial score (nSPS) is 17.6. The SMILES string of the molecule is Cc1ccc(CCNC(=O)[C@H]2CCCN(S(=O)(=O)c3c(C)noc3/C=C/N(C)C)C2)cc1. The Morgan fingerprint density at radius 2 is 2.00 bits per heavy atom. The van der Waals surface area contributed by atoms with Crippen molar-refractivity contribution >= 4 is 22.0 Å². The van der Waals surface area contributed by atoms with Crippen LogP contribution in [0.3, 0.4) is 0 Å². The van der Waals surface area contributed by atoms with Crippen molar-refractivity contribution in [3.8, 4) is 0 Å². The van der Waals surface area contributed by atoms with Gasteiger partial charge in [0.25, 0.3) is 0 Å². The Morgan fingerprint density at radius 3 is 2.69 bits per heavy atom. The Bertz CT molecular complexity index is 1060. The van der Waals surface area contributed by atoms with Crippen molar-refractivity contribution in [2.45, 2.75) is 38.0 Å². The summed E-state index contributed by atoms with van der Waals surface area (Å²) in [7, 11) is -0.167. The van der Waals surface area contributed by atoms with Gasteiger partial charge < -0.3 is 14.7 Å². The Morgan fingerprint density at radius 1 is 1.28 bits per heavy atom. The number of sulfonamides is 1. The molecule has 0 bridgehead atoms. The third kappa shape index (κ3) is 5.77. The third-order valence-electron chi connectivity index (χ3n) is 5.54. The highest BCUT2D eigenvalue weighted by Gasteiger charge is 2.36. The number of aromatic nitrogens is 1. The molecule has 9 heteroatoms. The van der Waals surface area contributed by atoms with Crippen LogP contribution in [0.2, 0.25) is 0 Å². The Hall–Kier alpha value is -2.65. The smallest absolute Gasteiger partial charge is 0.248 e. The number of carbonyl (C=O) groups is 1. The Balaban J connectivity index is 1.65. The van der Waals surface area contributed by atoms with Crippen molar-refractivity contribution in [2.75, 3.05) is 33.7 Å². The summed E-state index contributed by atoms with van der Waals surface area (Å²) < 4.78 is 33.4. The minimum Gasteiger partial charge on any atom is -0.383 e. The van der Waals surface area contributed by atoms with Gasteiger partial charge in [0.1, 0.15) is 5.69 Å². The molecular weight excluding hydrogens is 428 g/mol. The maximum Gasteiger partial charge on any atom is 0.248 e. The standard InChI is InChI=1S/C23H32N4O4S/c1-17-7-9-19(10-8-17)11-13-24-23(28)20-6-5-14-27(16-20)32(29,30)22-18(2)25-31-21(22)12-15-26(3)4/h7-10,12,15,20H,5-6,11,13-14,16H2,1-4H3,(H,24,28)/b15-12+/t20-/m0/s1. The summed E-state index contributed by atoms with van der Waals surface area (Å²) in [4.78, 5) is 14.6. The number of hydrogen-bond acceptors (Lipinski definition) is 6. The lowest BCUT2D eigenvalue weighted by atomic mass is 9.98. The average molecular weight is 461 g/mol. The van der Waals surface area contributed by atoms with E-state index in [1.165, 1.54) is 9.87 Å². The molecule has 1 aliphatic heterocycles. The molecule has 0 saturated carbocycles. The minimum atomic E-state index is -3.83. The van der Waals surface area contributed by atoms with E-state index in [9.17, 15) is 13.2 Å². The second kappa shape index (κ2) is 10.3. The van der Waals surface area contributed by atoms with Crippen LogP contribution in [0.25, 0.3) is 6.08 Å². The van der Waals surface area contributed by atoms with Crippen molar-refractivity contribution < 1.29 is 17.7 Å². The molecule has 0 aliphatic carbocycles. The number of piperidine rings is 1. The summed E-state index contributed by atoms with van der Waals surface area (Å²) in [6.45, 7) is 4.70. The third-order valence-corrected chi connectivity index (χ3v) is 7.57. The number of benzene rings is 1. The van der Waals surface area contributed by atoms with Gasteiger partial charge in [0, 0.05) is 46.0 Å². The van der Waals surface area contributed by atoms with Crippen LogP contribution in [-0.4, -0.2) is 62.4 Å². The molecule has 2 aromatic rings. The summed E-state index contributed by atoms with van der Waals surface area (Å²) in [6.07, 6.45) is 5.33. The Labute approximate surface area is 190 Å². The van der Waals surface area contributed by atoms with E-state index in [0.29, 0.717) is 31.6 Å². The van der Waals surface area contributed by atoms with Crippen LogP contribution in [0.4, 0.5) is 0 Å². The number of rotatable bonds is 8. The fourth-order valence-electron chi connectivity index (χ4n) is 3.75. The average Bonchev–Trinajstić information content (AvgIpc) is 3.15. The zero-order chi connectivity index (χ0) is 23.3. The summed E-state index contributed by atoms with van der Waals surface area (Å²) >= 11 is 0. The van der Waals surface area contributed by atoms with E-state index in [0.717, 1.165) is 12.0 Å². The highest BCUT2D eigenvalue weighted by Crippen LogP contribution is 2.29. The lowest BCUT2D eigenvalue weighted by molar-refractivity contribution is -0.126. The molecule has 0 radical (unpaired) electrons. The second-order valence-electron chi connectivity index (χ2n) is 8.47. The zero-order valence-electron chi connectivity index (χ0n) is 19.2. The molecular formula is C23H32N4O4S. The number of hydrogen-bond donors (Lipinski definition) is 1. The van der Waals surface area contributed by atoms with Gasteiger partial charge >= 0.3 is 0 Å². The molecule has 0 unspecified atom stereocenters. The van der Waals surface area contributed by atoms with Gasteiger partial charge in [0.2, 0.25) is 15.9 Å². The molecule has 1 atom stereocenters. The fraction of sp³-hybridized carbons (Fsp3) is 0.478. The predicted molar refractivity (Wildman–Crippen MR) is 123 cm³/mol. The first-order chi connectivity index (χ1) is 15.2. The number of nitrogens with one attached hydrogen (secondary N) is 1. The topological polar surface area (TPSA) is 95.8 Å². The van der Waals surface area contributed by atoms with E-state index >= 15 is 0 Å². The molecule has 32 heavy (non-hydrogen) atoms. The van der Waals surface area contributed by atoms with Crippen molar-refractivity contribution in [3.05, 3.63) is 53.0 Å². The molecule has 8 nitrogen and oxygen atoms in total. The first-order valence-electron chi connectivity index (χ1n) is 10.8. The van der Waals surface area contributed by atoms with Gasteiger partial charge in [0.15, 0.2) is 10.7 Å². The molecule has 1 aliphatic rings. The highest BCUT2D eigenvalue weighted by atomic mass is 32.2. The lowest BCUT2D eigenvalue weighted by Crippen LogP contribution is -2.45. The van der Waals surface area contributed by atoms with Gasteiger partial charge in [-0.05, 0) is 38.7 Å². The first-order valence-corrected chi connectivity index (χ1v) is 12.3. The van der Waals surface area contributed by atoms with E-state index in [1.807, 2.05) is 21.0 Å². The monoisotopic (exact) mass is 460 g/mol. The van der Waals surface area contributed by atoms with Gasteiger partial charge in [-0.2, -0.15) is 4.31 Å². The summed E-state index contributed by atoms with van der Waals surface area (Å²) in [6, 6.07) is 8.21. The van der Waals surface area contributed by atoms with Crippen LogP contribution in [0.15, 0.2) is 39.9 Å². The molecule has 1 aromatic heterocycles. The van der Waals surface area contributed by atoms with Crippen LogP contribution in [0, 0.1) is 19.8 Å². The van der Waals surface area contributed by atoms with Crippen LogP contribution >= 0.6 is 0 Å². The van der Waals surface area contributed by atoms with Crippen LogP contribution < -0.4 is 5.32 Å². The molecule has 0 spiro atoms. The second-order valence-corrected chi connectivity index (χ2v) is 10.3. The lowest BCUT2D eigenvalue weighted by Gasteiger charge is -2.31. The van der Waals surface area contributed by atoms with Crippen molar-refractivity contribution in [3.63, 3.8) is 0 Å². The maximum absolute atomic E-state index is 13.4. The van der Waals surface area contributed by atoms with E-state index < -0.39 is 10.0 Å². The van der Waals surface area contributed by atoms with Gasteiger partial charge in [0.05, 0.1) is 5.92 Å². The summed E-state index contributed by atoms with van der Waals surface area (Å²) in [5.74, 6) is -0.287. The molecule has 1 fully saturated rings. The Kier molecular flexibility index (Phi) is 7.73. The number of nitrogens with zero attached hydrogens (tertiary/aromatic N) is 3. The molecule has 1 saturated heterocycles. The highest BCUT2D eigenvalue weighted by molar-refractivity contribution is 7.89. The first kappa shape index (κ1) is 24.0. The van der Waals surface area contributed by atoms with E-state index in [-0.39, 0.29) is 29.0 Å². The van der Waals surface area contributed by atoms with Gasteiger partial charge in [-0.25, -0.2) is 8.42 Å². The minimum absolute atomic E-state index is 0.0658. The number of carbonyl (C=O) groups excluding carboxylic acids is 1. The van der Waals surface area contributed by atoms with Crippen molar-refractivity contribution in [2.24, 2.45) is 5.92 Å². The van der Waals surface area contributed by atoms with Gasteiger partial charge in [-0.15, -0.1) is 0 Å². The molecule has 1 aromatic carbocycles. The van der Waals surface area contributed by atoms with Crippen molar-refractivity contribution in [1.82, 2.24) is 19.7 Å². The van der Waals surface area contributed by atoms with Crippen LogP contribution in [0.5, 0.6) is 0 Å². The summed E-state index contributed by atoms with van der Waals surface area (Å²) in [5.41, 5.74) is 2.67. The maximum atomic E-state index is 13.4. The van der Waals surface area contributed by atoms with Crippen LogP contribution in [-0.2, 0) is 21.2 Å². The summed E-state index contributed by atoms with van der Waals surface area (Å²) in [5, 5.41) is 6.82. The molecule has 2 heterocycles. The molecule has 174 valence electrons.